The highest BCUT2D eigenvalue weighted by atomic mass is 16.7. The Morgan fingerprint density at radius 1 is 0.788 bits per heavy atom. The maximum Gasteiger partial charge on any atom is 0.186 e. The molecule has 0 bridgehead atoms. The maximum absolute atomic E-state index is 10.5. The van der Waals surface area contributed by atoms with Gasteiger partial charge in [0.1, 0.15) is 48.8 Å². The Morgan fingerprint density at radius 2 is 1.36 bits per heavy atom. The van der Waals surface area contributed by atoms with Gasteiger partial charge >= 0.3 is 0 Å². The van der Waals surface area contributed by atoms with Crippen molar-refractivity contribution in [1.29, 1.82) is 0 Å². The van der Waals surface area contributed by atoms with Crippen LogP contribution in [0.15, 0.2) is 0 Å². The Hall–Kier alpha value is -0.440. The molecule has 13 atom stereocenters. The molecule has 2 aliphatic heterocycles. The smallest absolute Gasteiger partial charge is 0.186 e. The predicted octanol–water partition coefficient (Wildman–Crippen LogP) is -1.91. The molecule has 3 unspecified atom stereocenters. The van der Waals surface area contributed by atoms with E-state index in [1.165, 1.54) is 0 Å². The molecule has 0 amide bonds. The van der Waals surface area contributed by atoms with Crippen molar-refractivity contribution in [2.45, 2.75) is 108 Å². The summed E-state index contributed by atoms with van der Waals surface area (Å²) in [7, 11) is 0. The number of hydrogen-bond acceptors (Lipinski definition) is 11. The lowest BCUT2D eigenvalue weighted by Gasteiger charge is -2.45. The first-order valence-electron chi connectivity index (χ1n) is 11.8. The highest BCUT2D eigenvalue weighted by Crippen LogP contribution is 2.37. The number of hydrogen-bond donors (Lipinski definition) is 7. The molecule has 2 saturated heterocycles. The van der Waals surface area contributed by atoms with Crippen molar-refractivity contribution in [1.82, 2.24) is 0 Å². The summed E-state index contributed by atoms with van der Waals surface area (Å²) < 4.78 is 22.7. The Bertz CT molecular complexity index is 605. The van der Waals surface area contributed by atoms with Crippen molar-refractivity contribution in [2.24, 2.45) is 17.8 Å². The van der Waals surface area contributed by atoms with Crippen LogP contribution in [-0.2, 0) is 18.9 Å². The van der Waals surface area contributed by atoms with Gasteiger partial charge in [-0.3, -0.25) is 0 Å². The molecule has 7 N–H and O–H groups in total. The van der Waals surface area contributed by atoms with E-state index in [1.807, 2.05) is 0 Å². The third-order valence-corrected chi connectivity index (χ3v) is 7.21. The van der Waals surface area contributed by atoms with Crippen molar-refractivity contribution < 1.29 is 54.7 Å². The fraction of sp³-hybridized carbons (Fsp3) is 1.00. The molecule has 11 heteroatoms. The van der Waals surface area contributed by atoms with Gasteiger partial charge in [-0.1, -0.05) is 27.2 Å². The molecule has 11 nitrogen and oxygen atoms in total. The maximum atomic E-state index is 10.5. The van der Waals surface area contributed by atoms with Gasteiger partial charge in [0.2, 0.25) is 0 Å². The summed E-state index contributed by atoms with van der Waals surface area (Å²) in [6.45, 7) is 5.39. The van der Waals surface area contributed by atoms with Gasteiger partial charge in [-0.05, 0) is 30.6 Å². The van der Waals surface area contributed by atoms with E-state index in [1.54, 1.807) is 0 Å². The van der Waals surface area contributed by atoms with Crippen LogP contribution in [0, 0.1) is 17.8 Å². The summed E-state index contributed by atoms with van der Waals surface area (Å²) in [5, 5.41) is 70.5. The number of ether oxygens (including phenoxy) is 4. The lowest BCUT2D eigenvalue weighted by molar-refractivity contribution is -0.339. The number of aliphatic hydroxyl groups is 7. The molecule has 194 valence electrons. The number of rotatable bonds is 7. The monoisotopic (exact) mass is 480 g/mol. The lowest BCUT2D eigenvalue weighted by atomic mass is 9.75. The zero-order chi connectivity index (χ0) is 24.4. The van der Waals surface area contributed by atoms with Gasteiger partial charge in [0.25, 0.3) is 0 Å². The van der Waals surface area contributed by atoms with Crippen molar-refractivity contribution >= 4 is 0 Å². The average Bonchev–Trinajstić information content (AvgIpc) is 2.78. The standard InChI is InChI=1S/C22H40O11/c1-9(2)11-5-4-10(3)6-12(11)31-22-20(29)18(27)16(25)14(33-22)8-30-21-19(28)17(26)15(24)13(7-23)32-21/h9-29H,4-8H2,1-3H3/t10?,11?,12?,13-,14-,15-,16-,17+,18+,19-,20-,21-,22-/m1/s1. The molecule has 0 aromatic carbocycles. The van der Waals surface area contributed by atoms with E-state index in [9.17, 15) is 35.7 Å². The minimum absolute atomic E-state index is 0.178. The van der Waals surface area contributed by atoms with Crippen LogP contribution in [0.1, 0.15) is 40.0 Å². The zero-order valence-electron chi connectivity index (χ0n) is 19.4. The largest absolute Gasteiger partial charge is 0.394 e. The van der Waals surface area contributed by atoms with Crippen molar-refractivity contribution in [3.05, 3.63) is 0 Å². The van der Waals surface area contributed by atoms with Crippen molar-refractivity contribution in [2.75, 3.05) is 13.2 Å². The fourth-order valence-corrected chi connectivity index (χ4v) is 5.00. The SMILES string of the molecule is CC1CCC(C(C)C)C(O[C@@H]2O[C@H](CO[C@@H]3O[C@H](CO)[C@@H](O)[C@H](O)[C@H]3O)[C@@H](O)[C@H](O)[C@H]2O)C1. The third-order valence-electron chi connectivity index (χ3n) is 7.21. The summed E-state index contributed by atoms with van der Waals surface area (Å²) >= 11 is 0. The summed E-state index contributed by atoms with van der Waals surface area (Å²) in [6, 6.07) is 0. The minimum atomic E-state index is -1.61. The molecule has 2 heterocycles. The molecule has 1 aliphatic carbocycles. The van der Waals surface area contributed by atoms with E-state index >= 15 is 0 Å². The lowest BCUT2D eigenvalue weighted by Crippen LogP contribution is -2.62. The van der Waals surface area contributed by atoms with Crippen LogP contribution in [0.25, 0.3) is 0 Å². The van der Waals surface area contributed by atoms with Gasteiger partial charge < -0.3 is 54.7 Å². The first kappa shape index (κ1) is 27.2. The van der Waals surface area contributed by atoms with E-state index in [2.05, 4.69) is 20.8 Å². The second-order valence-electron chi connectivity index (χ2n) is 10.0. The second kappa shape index (κ2) is 11.5. The normalized spacial score (nSPS) is 49.4. The van der Waals surface area contributed by atoms with Gasteiger partial charge in [0.15, 0.2) is 12.6 Å². The van der Waals surface area contributed by atoms with Gasteiger partial charge in [0, 0.05) is 0 Å². The molecular formula is C22H40O11. The molecule has 3 rings (SSSR count). The van der Waals surface area contributed by atoms with Crippen LogP contribution in [0.2, 0.25) is 0 Å². The molecule has 1 saturated carbocycles. The van der Waals surface area contributed by atoms with Crippen LogP contribution in [0.3, 0.4) is 0 Å². The van der Waals surface area contributed by atoms with Crippen molar-refractivity contribution in [3.63, 3.8) is 0 Å². The van der Waals surface area contributed by atoms with E-state index < -0.39 is 68.0 Å². The van der Waals surface area contributed by atoms with Gasteiger partial charge in [0.05, 0.1) is 19.3 Å². The molecule has 33 heavy (non-hydrogen) atoms. The predicted molar refractivity (Wildman–Crippen MR) is 113 cm³/mol. The van der Waals surface area contributed by atoms with Gasteiger partial charge in [-0.2, -0.15) is 0 Å². The minimum Gasteiger partial charge on any atom is -0.394 e. The second-order valence-corrected chi connectivity index (χ2v) is 10.0. The Morgan fingerprint density at radius 3 is 1.97 bits per heavy atom. The zero-order valence-corrected chi connectivity index (χ0v) is 19.4. The summed E-state index contributed by atoms with van der Waals surface area (Å²) in [5.41, 5.74) is 0. The first-order chi connectivity index (χ1) is 15.5. The average molecular weight is 481 g/mol. The molecule has 3 aliphatic rings. The van der Waals surface area contributed by atoms with Crippen LogP contribution in [0.4, 0.5) is 0 Å². The Balaban J connectivity index is 1.64. The number of aliphatic hydroxyl groups excluding tert-OH is 7. The molecule has 0 aromatic rings. The summed E-state index contributed by atoms with van der Waals surface area (Å²) in [4.78, 5) is 0. The molecule has 0 radical (unpaired) electrons. The molecule has 0 aromatic heterocycles. The third kappa shape index (κ3) is 6.04. The van der Waals surface area contributed by atoms with Crippen LogP contribution in [-0.4, -0.2) is 116 Å². The molecular weight excluding hydrogens is 440 g/mol. The van der Waals surface area contributed by atoms with Crippen molar-refractivity contribution in [3.8, 4) is 0 Å². The van der Waals surface area contributed by atoms with Crippen LogP contribution < -0.4 is 0 Å². The fourth-order valence-electron chi connectivity index (χ4n) is 5.00. The van der Waals surface area contributed by atoms with Crippen LogP contribution >= 0.6 is 0 Å². The summed E-state index contributed by atoms with van der Waals surface area (Å²) in [6.07, 6.45) is -11.4. The molecule has 3 fully saturated rings. The first-order valence-corrected chi connectivity index (χ1v) is 11.8. The highest BCUT2D eigenvalue weighted by Gasteiger charge is 2.48. The van der Waals surface area contributed by atoms with Gasteiger partial charge in [-0.25, -0.2) is 0 Å². The summed E-state index contributed by atoms with van der Waals surface area (Å²) in [5.74, 6) is 1.08. The quantitative estimate of drug-likeness (QED) is 0.216. The van der Waals surface area contributed by atoms with E-state index in [0.717, 1.165) is 19.3 Å². The Labute approximate surface area is 193 Å². The van der Waals surface area contributed by atoms with Gasteiger partial charge in [-0.15, -0.1) is 0 Å². The van der Waals surface area contributed by atoms with E-state index in [-0.39, 0.29) is 18.6 Å². The highest BCUT2D eigenvalue weighted by molar-refractivity contribution is 4.92. The topological polar surface area (TPSA) is 179 Å². The van der Waals surface area contributed by atoms with E-state index in [0.29, 0.717) is 11.8 Å². The Kier molecular flexibility index (Phi) is 9.49. The molecule has 0 spiro atoms. The van der Waals surface area contributed by atoms with E-state index in [4.69, 9.17) is 18.9 Å². The van der Waals surface area contributed by atoms with Crippen LogP contribution in [0.5, 0.6) is 0 Å².